The molecule has 0 atom stereocenters. The zero-order valence-electron chi connectivity index (χ0n) is 11.2. The third-order valence-electron chi connectivity index (χ3n) is 2.92. The van der Waals surface area contributed by atoms with Crippen molar-refractivity contribution in [1.29, 1.82) is 0 Å². The number of benzene rings is 1. The van der Waals surface area contributed by atoms with Gasteiger partial charge in [0.05, 0.1) is 4.88 Å². The lowest BCUT2D eigenvalue weighted by atomic mass is 10.2. The van der Waals surface area contributed by atoms with Crippen molar-refractivity contribution in [3.05, 3.63) is 68.7 Å². The van der Waals surface area contributed by atoms with Crippen LogP contribution in [0.2, 0.25) is 0 Å². The van der Waals surface area contributed by atoms with Crippen molar-refractivity contribution in [2.24, 2.45) is 0 Å². The molecule has 2 heterocycles. The van der Waals surface area contributed by atoms with Crippen molar-refractivity contribution >= 4 is 34.1 Å². The van der Waals surface area contributed by atoms with Gasteiger partial charge in [0.2, 0.25) is 0 Å². The summed E-state index contributed by atoms with van der Waals surface area (Å²) in [5, 5.41) is 2.37. The molecule has 110 valence electrons. The number of hydrogen-bond acceptors (Lipinski definition) is 5. The second kappa shape index (κ2) is 5.82. The number of carbonyl (C=O) groups excluding carboxylic acids is 2. The molecule has 0 fully saturated rings. The molecule has 0 unspecified atom stereocenters. The van der Waals surface area contributed by atoms with Gasteiger partial charge in [-0.3, -0.25) is 20.4 Å². The molecule has 2 aromatic heterocycles. The monoisotopic (exact) mass is 314 g/mol. The predicted octanol–water partition coefficient (Wildman–Crippen LogP) is 1.93. The van der Waals surface area contributed by atoms with E-state index in [0.717, 1.165) is 0 Å². The van der Waals surface area contributed by atoms with Gasteiger partial charge in [0.25, 0.3) is 11.8 Å². The third kappa shape index (κ3) is 2.75. The largest absolute Gasteiger partial charge is 0.422 e. The van der Waals surface area contributed by atoms with E-state index in [-0.39, 0.29) is 5.56 Å². The van der Waals surface area contributed by atoms with Crippen molar-refractivity contribution in [1.82, 2.24) is 10.9 Å². The maximum Gasteiger partial charge on any atom is 0.349 e. The van der Waals surface area contributed by atoms with Crippen LogP contribution in [0.4, 0.5) is 0 Å². The quantitative estimate of drug-likeness (QED) is 0.559. The van der Waals surface area contributed by atoms with E-state index in [1.165, 1.54) is 17.4 Å². The molecule has 6 nitrogen and oxygen atoms in total. The smallest absolute Gasteiger partial charge is 0.349 e. The Morgan fingerprint density at radius 1 is 1.00 bits per heavy atom. The van der Waals surface area contributed by atoms with Crippen molar-refractivity contribution in [3.8, 4) is 0 Å². The number of nitrogens with one attached hydrogen (secondary N) is 2. The Hall–Kier alpha value is -2.93. The minimum atomic E-state index is -0.762. The van der Waals surface area contributed by atoms with Crippen molar-refractivity contribution in [2.45, 2.75) is 0 Å². The first-order valence-corrected chi connectivity index (χ1v) is 7.20. The Bertz CT molecular complexity index is 899. The Morgan fingerprint density at radius 2 is 1.77 bits per heavy atom. The van der Waals surface area contributed by atoms with Crippen LogP contribution in [0, 0.1) is 0 Å². The first-order chi connectivity index (χ1) is 10.6. The minimum absolute atomic E-state index is 0.176. The summed E-state index contributed by atoms with van der Waals surface area (Å²) in [4.78, 5) is 36.0. The maximum absolute atomic E-state index is 12.0. The topological polar surface area (TPSA) is 88.4 Å². The number of para-hydroxylation sites is 1. The molecule has 0 saturated heterocycles. The highest BCUT2D eigenvalue weighted by molar-refractivity contribution is 7.12. The van der Waals surface area contributed by atoms with Crippen LogP contribution >= 0.6 is 11.3 Å². The van der Waals surface area contributed by atoms with Gasteiger partial charge in [-0.1, -0.05) is 24.3 Å². The average Bonchev–Trinajstić information content (AvgIpc) is 3.06. The fraction of sp³-hybridized carbons (Fsp3) is 0. The number of rotatable bonds is 2. The number of hydrogen-bond donors (Lipinski definition) is 2. The van der Waals surface area contributed by atoms with E-state index >= 15 is 0 Å². The number of hydrazine groups is 1. The van der Waals surface area contributed by atoms with Gasteiger partial charge in [-0.2, -0.15) is 0 Å². The summed E-state index contributed by atoms with van der Waals surface area (Å²) in [6.45, 7) is 0. The molecule has 0 bridgehead atoms. The molecule has 0 radical (unpaired) electrons. The summed E-state index contributed by atoms with van der Waals surface area (Å²) < 4.78 is 5.07. The van der Waals surface area contributed by atoms with Crippen LogP contribution < -0.4 is 16.5 Å². The summed E-state index contributed by atoms with van der Waals surface area (Å²) in [6.07, 6.45) is 0. The van der Waals surface area contributed by atoms with Crippen LogP contribution in [0.15, 0.2) is 57.1 Å². The van der Waals surface area contributed by atoms with E-state index in [1.807, 2.05) is 0 Å². The maximum atomic E-state index is 12.0. The number of thiophene rings is 1. The van der Waals surface area contributed by atoms with E-state index in [1.54, 1.807) is 41.8 Å². The number of fused-ring (bicyclic) bond motifs is 1. The molecule has 1 aromatic carbocycles. The van der Waals surface area contributed by atoms with Crippen molar-refractivity contribution < 1.29 is 14.0 Å². The zero-order valence-corrected chi connectivity index (χ0v) is 12.0. The van der Waals surface area contributed by atoms with Gasteiger partial charge < -0.3 is 4.42 Å². The molecule has 0 saturated carbocycles. The summed E-state index contributed by atoms with van der Waals surface area (Å²) in [5.41, 5.74) is 3.91. The molecule has 0 aliphatic heterocycles. The molecular weight excluding hydrogens is 304 g/mol. The Kier molecular flexibility index (Phi) is 3.71. The SMILES string of the molecule is O=C(NNC(=O)c1cc2ccccc2oc1=O)c1cccs1. The molecule has 2 N–H and O–H groups in total. The summed E-state index contributed by atoms with van der Waals surface area (Å²) in [7, 11) is 0. The second-order valence-electron chi connectivity index (χ2n) is 4.37. The van der Waals surface area contributed by atoms with Gasteiger partial charge in [0.1, 0.15) is 11.1 Å². The van der Waals surface area contributed by atoms with Gasteiger partial charge in [-0.15, -0.1) is 11.3 Å². The fourth-order valence-corrected chi connectivity index (χ4v) is 2.49. The standard InChI is InChI=1S/C15H10N2O4S/c18-13(16-17-14(19)12-6-3-7-22-12)10-8-9-4-1-2-5-11(9)21-15(10)20/h1-8H,(H,16,18)(H,17,19). The molecule has 0 aliphatic rings. The van der Waals surface area contributed by atoms with E-state index in [0.29, 0.717) is 15.8 Å². The fourth-order valence-electron chi connectivity index (χ4n) is 1.87. The predicted molar refractivity (Wildman–Crippen MR) is 81.7 cm³/mol. The van der Waals surface area contributed by atoms with Gasteiger partial charge in [-0.05, 0) is 23.6 Å². The third-order valence-corrected chi connectivity index (χ3v) is 3.79. The lowest BCUT2D eigenvalue weighted by Crippen LogP contribution is -2.42. The Labute approximate surface area is 128 Å². The highest BCUT2D eigenvalue weighted by Crippen LogP contribution is 2.12. The Morgan fingerprint density at radius 3 is 2.55 bits per heavy atom. The highest BCUT2D eigenvalue weighted by atomic mass is 32.1. The molecule has 3 rings (SSSR count). The van der Waals surface area contributed by atoms with Crippen LogP contribution in [-0.2, 0) is 0 Å². The van der Waals surface area contributed by atoms with Crippen molar-refractivity contribution in [2.75, 3.05) is 0 Å². The second-order valence-corrected chi connectivity index (χ2v) is 5.32. The van der Waals surface area contributed by atoms with Gasteiger partial charge in [-0.25, -0.2) is 4.79 Å². The normalized spacial score (nSPS) is 10.4. The minimum Gasteiger partial charge on any atom is -0.422 e. The molecule has 0 spiro atoms. The lowest BCUT2D eigenvalue weighted by molar-refractivity contribution is 0.0847. The molecule has 2 amide bonds. The van der Waals surface area contributed by atoms with Crippen LogP contribution in [0.3, 0.4) is 0 Å². The van der Waals surface area contributed by atoms with E-state index < -0.39 is 17.4 Å². The van der Waals surface area contributed by atoms with E-state index in [4.69, 9.17) is 4.42 Å². The van der Waals surface area contributed by atoms with Crippen LogP contribution in [-0.4, -0.2) is 11.8 Å². The van der Waals surface area contributed by atoms with E-state index in [2.05, 4.69) is 10.9 Å². The first kappa shape index (κ1) is 14.0. The Balaban J connectivity index is 1.79. The van der Waals surface area contributed by atoms with Crippen LogP contribution in [0.1, 0.15) is 20.0 Å². The highest BCUT2D eigenvalue weighted by Gasteiger charge is 2.15. The summed E-state index contributed by atoms with van der Waals surface area (Å²) >= 11 is 1.24. The number of amides is 2. The molecular formula is C15H10N2O4S. The first-order valence-electron chi connectivity index (χ1n) is 6.32. The lowest BCUT2D eigenvalue weighted by Gasteiger charge is -2.06. The molecule has 22 heavy (non-hydrogen) atoms. The van der Waals surface area contributed by atoms with Crippen LogP contribution in [0.5, 0.6) is 0 Å². The van der Waals surface area contributed by atoms with Gasteiger partial charge >= 0.3 is 5.63 Å². The molecule has 0 aliphatic carbocycles. The number of carbonyl (C=O) groups is 2. The van der Waals surface area contributed by atoms with Crippen LogP contribution in [0.25, 0.3) is 11.0 Å². The summed E-state index contributed by atoms with van der Waals surface area (Å²) in [5.74, 6) is -1.18. The average molecular weight is 314 g/mol. The van der Waals surface area contributed by atoms with Gasteiger partial charge in [0.15, 0.2) is 0 Å². The molecule has 7 heteroatoms. The van der Waals surface area contributed by atoms with E-state index in [9.17, 15) is 14.4 Å². The summed E-state index contributed by atoms with van der Waals surface area (Å²) in [6, 6.07) is 11.6. The van der Waals surface area contributed by atoms with Crippen molar-refractivity contribution in [3.63, 3.8) is 0 Å². The zero-order chi connectivity index (χ0) is 15.5. The molecule has 3 aromatic rings. The van der Waals surface area contributed by atoms with Gasteiger partial charge in [0, 0.05) is 5.39 Å².